The fourth-order valence-corrected chi connectivity index (χ4v) is 3.69. The van der Waals surface area contributed by atoms with Crippen LogP contribution < -0.4 is 10.0 Å². The third-order valence-corrected chi connectivity index (χ3v) is 5.68. The first-order valence-corrected chi connectivity index (χ1v) is 10.1. The van der Waals surface area contributed by atoms with Gasteiger partial charge in [0.05, 0.1) is 10.9 Å². The quantitative estimate of drug-likeness (QED) is 0.773. The number of hydrogen-bond donors (Lipinski definition) is 2. The monoisotopic (exact) mass is 364 g/mol. The van der Waals surface area contributed by atoms with Crippen LogP contribution in [0.15, 0.2) is 58.3 Å². The van der Waals surface area contributed by atoms with E-state index in [9.17, 15) is 13.2 Å². The molecule has 24 heavy (non-hydrogen) atoms. The normalized spacial score (nSPS) is 12.6. The lowest BCUT2D eigenvalue weighted by Crippen LogP contribution is -2.41. The van der Waals surface area contributed by atoms with Crippen molar-refractivity contribution in [1.29, 1.82) is 0 Å². The van der Waals surface area contributed by atoms with Gasteiger partial charge in [0, 0.05) is 10.6 Å². The summed E-state index contributed by atoms with van der Waals surface area (Å²) in [5.74, 6) is -0.413. The zero-order chi connectivity index (χ0) is 17.7. The predicted octanol–water partition coefficient (Wildman–Crippen LogP) is 3.02. The molecule has 2 aromatic rings. The van der Waals surface area contributed by atoms with Gasteiger partial charge in [-0.3, -0.25) is 4.79 Å². The third-order valence-electron chi connectivity index (χ3n) is 3.39. The van der Waals surface area contributed by atoms with Gasteiger partial charge in [-0.05, 0) is 50.4 Å². The highest BCUT2D eigenvalue weighted by Crippen LogP contribution is 2.19. The SMILES string of the molecule is CSc1cccc(NC(=O)[C@@H](C)NS(=O)(=O)c2ccc(C)cc2)c1. The van der Waals surface area contributed by atoms with Crippen LogP contribution in [0.4, 0.5) is 5.69 Å². The van der Waals surface area contributed by atoms with E-state index in [0.717, 1.165) is 10.5 Å². The van der Waals surface area contributed by atoms with Crippen molar-refractivity contribution < 1.29 is 13.2 Å². The molecule has 2 aromatic carbocycles. The fraction of sp³-hybridized carbons (Fsp3) is 0.235. The average molecular weight is 364 g/mol. The first-order valence-electron chi connectivity index (χ1n) is 7.36. The predicted molar refractivity (Wildman–Crippen MR) is 97.8 cm³/mol. The van der Waals surface area contributed by atoms with Gasteiger partial charge < -0.3 is 5.32 Å². The van der Waals surface area contributed by atoms with Crippen molar-refractivity contribution in [3.8, 4) is 0 Å². The molecule has 0 unspecified atom stereocenters. The Hall–Kier alpha value is -1.83. The minimum Gasteiger partial charge on any atom is -0.325 e. The van der Waals surface area contributed by atoms with E-state index in [4.69, 9.17) is 0 Å². The van der Waals surface area contributed by atoms with Gasteiger partial charge in [-0.25, -0.2) is 8.42 Å². The molecular formula is C17H20N2O3S2. The highest BCUT2D eigenvalue weighted by molar-refractivity contribution is 7.98. The number of hydrogen-bond acceptors (Lipinski definition) is 4. The molecule has 128 valence electrons. The van der Waals surface area contributed by atoms with Gasteiger partial charge >= 0.3 is 0 Å². The van der Waals surface area contributed by atoms with Crippen LogP contribution in [0.5, 0.6) is 0 Å². The van der Waals surface area contributed by atoms with E-state index in [0.29, 0.717) is 5.69 Å². The van der Waals surface area contributed by atoms with Crippen LogP contribution >= 0.6 is 11.8 Å². The number of thioether (sulfide) groups is 1. The first kappa shape index (κ1) is 18.5. The maximum absolute atomic E-state index is 12.3. The third kappa shape index (κ3) is 4.83. The number of aryl methyl sites for hydroxylation is 1. The molecule has 0 aromatic heterocycles. The van der Waals surface area contributed by atoms with Crippen molar-refractivity contribution in [2.45, 2.75) is 29.7 Å². The molecule has 2 rings (SSSR count). The minimum absolute atomic E-state index is 0.136. The van der Waals surface area contributed by atoms with Gasteiger partial charge in [0.1, 0.15) is 0 Å². The molecule has 0 aliphatic rings. The topological polar surface area (TPSA) is 75.3 Å². The molecule has 0 fully saturated rings. The lowest BCUT2D eigenvalue weighted by atomic mass is 10.2. The van der Waals surface area contributed by atoms with Crippen molar-refractivity contribution in [2.24, 2.45) is 0 Å². The number of nitrogens with one attached hydrogen (secondary N) is 2. The fourth-order valence-electron chi connectivity index (χ4n) is 2.02. The Kier molecular flexibility index (Phi) is 6.04. The van der Waals surface area contributed by atoms with E-state index in [1.807, 2.05) is 31.4 Å². The zero-order valence-corrected chi connectivity index (χ0v) is 15.4. The van der Waals surface area contributed by atoms with Crippen LogP contribution in [0.2, 0.25) is 0 Å². The van der Waals surface area contributed by atoms with E-state index in [-0.39, 0.29) is 4.90 Å². The van der Waals surface area contributed by atoms with E-state index >= 15 is 0 Å². The lowest BCUT2D eigenvalue weighted by Gasteiger charge is -2.15. The van der Waals surface area contributed by atoms with E-state index in [1.165, 1.54) is 19.1 Å². The molecule has 7 heteroatoms. The molecule has 0 saturated carbocycles. The van der Waals surface area contributed by atoms with E-state index in [1.54, 1.807) is 30.0 Å². The average Bonchev–Trinajstić information content (AvgIpc) is 2.55. The minimum atomic E-state index is -3.74. The van der Waals surface area contributed by atoms with Gasteiger partial charge in [0.25, 0.3) is 0 Å². The maximum Gasteiger partial charge on any atom is 0.242 e. The first-order chi connectivity index (χ1) is 11.3. The summed E-state index contributed by atoms with van der Waals surface area (Å²) in [4.78, 5) is 13.4. The Morgan fingerprint density at radius 1 is 1.12 bits per heavy atom. The maximum atomic E-state index is 12.3. The standard InChI is InChI=1S/C17H20N2O3S2/c1-12-7-9-16(10-8-12)24(21,22)19-13(2)17(20)18-14-5-4-6-15(11-14)23-3/h4-11,13,19H,1-3H3,(H,18,20)/t13-/m1/s1. The molecule has 0 aliphatic carbocycles. The summed E-state index contributed by atoms with van der Waals surface area (Å²) >= 11 is 1.56. The summed E-state index contributed by atoms with van der Waals surface area (Å²) in [6.07, 6.45) is 1.94. The summed E-state index contributed by atoms with van der Waals surface area (Å²) < 4.78 is 27.0. The van der Waals surface area contributed by atoms with Crippen LogP contribution in [0.1, 0.15) is 12.5 Å². The molecule has 0 heterocycles. The Labute approximate surface area is 146 Å². The summed E-state index contributed by atoms with van der Waals surface area (Å²) in [5.41, 5.74) is 1.60. The van der Waals surface area contributed by atoms with E-state index in [2.05, 4.69) is 10.0 Å². The van der Waals surface area contributed by atoms with Crippen molar-refractivity contribution in [3.05, 3.63) is 54.1 Å². The van der Waals surface area contributed by atoms with Crippen LogP contribution in [0.25, 0.3) is 0 Å². The number of rotatable bonds is 6. The van der Waals surface area contributed by atoms with Crippen LogP contribution in [0.3, 0.4) is 0 Å². The van der Waals surface area contributed by atoms with Crippen LogP contribution in [-0.2, 0) is 14.8 Å². The molecule has 0 aliphatic heterocycles. The van der Waals surface area contributed by atoms with Crippen LogP contribution in [0, 0.1) is 6.92 Å². The Morgan fingerprint density at radius 2 is 1.79 bits per heavy atom. The smallest absolute Gasteiger partial charge is 0.242 e. The Bertz CT molecular complexity index is 818. The number of carbonyl (C=O) groups is 1. The number of amides is 1. The molecule has 0 radical (unpaired) electrons. The summed E-state index contributed by atoms with van der Waals surface area (Å²) in [7, 11) is -3.74. The second-order valence-corrected chi connectivity index (χ2v) is 7.97. The molecule has 1 atom stereocenters. The van der Waals surface area contributed by atoms with Gasteiger partial charge in [-0.2, -0.15) is 4.72 Å². The summed E-state index contributed by atoms with van der Waals surface area (Å²) in [6, 6.07) is 12.9. The number of carbonyl (C=O) groups excluding carboxylic acids is 1. The highest BCUT2D eigenvalue weighted by atomic mass is 32.2. The lowest BCUT2D eigenvalue weighted by molar-refractivity contribution is -0.117. The number of anilines is 1. The summed E-state index contributed by atoms with van der Waals surface area (Å²) in [5, 5.41) is 2.72. The van der Waals surface area contributed by atoms with Crippen molar-refractivity contribution in [1.82, 2.24) is 4.72 Å². The number of sulfonamides is 1. The van der Waals surface area contributed by atoms with Crippen LogP contribution in [-0.4, -0.2) is 26.6 Å². The van der Waals surface area contributed by atoms with Crippen molar-refractivity contribution in [2.75, 3.05) is 11.6 Å². The van der Waals surface area contributed by atoms with E-state index < -0.39 is 22.0 Å². The van der Waals surface area contributed by atoms with Crippen molar-refractivity contribution >= 4 is 33.4 Å². The molecule has 1 amide bonds. The van der Waals surface area contributed by atoms with Crippen molar-refractivity contribution in [3.63, 3.8) is 0 Å². The molecule has 5 nitrogen and oxygen atoms in total. The molecule has 0 bridgehead atoms. The van der Waals surface area contributed by atoms with Gasteiger partial charge in [0.2, 0.25) is 15.9 Å². The second kappa shape index (κ2) is 7.83. The molecular weight excluding hydrogens is 344 g/mol. The molecule has 0 spiro atoms. The largest absolute Gasteiger partial charge is 0.325 e. The Morgan fingerprint density at radius 3 is 2.42 bits per heavy atom. The Balaban J connectivity index is 2.06. The highest BCUT2D eigenvalue weighted by Gasteiger charge is 2.22. The summed E-state index contributed by atoms with van der Waals surface area (Å²) in [6.45, 7) is 3.39. The molecule has 0 saturated heterocycles. The van der Waals surface area contributed by atoms with Gasteiger partial charge in [0.15, 0.2) is 0 Å². The van der Waals surface area contributed by atoms with Gasteiger partial charge in [-0.1, -0.05) is 23.8 Å². The number of benzene rings is 2. The molecule has 2 N–H and O–H groups in total. The van der Waals surface area contributed by atoms with Gasteiger partial charge in [-0.15, -0.1) is 11.8 Å². The second-order valence-electron chi connectivity index (χ2n) is 5.38. The zero-order valence-electron chi connectivity index (χ0n) is 13.7.